The van der Waals surface area contributed by atoms with Gasteiger partial charge in [0.1, 0.15) is 17.2 Å². The predicted molar refractivity (Wildman–Crippen MR) is 101 cm³/mol. The molecule has 0 aliphatic carbocycles. The Morgan fingerprint density at radius 1 is 1.00 bits per heavy atom. The molecule has 0 fully saturated rings. The van der Waals surface area contributed by atoms with Gasteiger partial charge in [-0.2, -0.15) is 0 Å². The molecular formula is C20H17NO3S. The number of anilines is 1. The van der Waals surface area contributed by atoms with Crippen molar-refractivity contribution in [2.75, 3.05) is 12.4 Å². The Bertz CT molecular complexity index is 855. The Morgan fingerprint density at radius 2 is 1.80 bits per heavy atom. The van der Waals surface area contributed by atoms with E-state index in [-0.39, 0.29) is 5.78 Å². The summed E-state index contributed by atoms with van der Waals surface area (Å²) in [5, 5.41) is 4.96. The van der Waals surface area contributed by atoms with E-state index in [9.17, 15) is 4.79 Å². The van der Waals surface area contributed by atoms with Gasteiger partial charge in [0.05, 0.1) is 12.0 Å². The molecule has 3 rings (SSSR count). The molecule has 3 aromatic rings. The second-order valence-corrected chi connectivity index (χ2v) is 6.07. The van der Waals surface area contributed by atoms with Gasteiger partial charge in [-0.15, -0.1) is 11.3 Å². The molecule has 4 nitrogen and oxygen atoms in total. The smallest absolute Gasteiger partial charge is 0.197 e. The van der Waals surface area contributed by atoms with Crippen molar-refractivity contribution in [3.05, 3.63) is 83.2 Å². The highest BCUT2D eigenvalue weighted by Gasteiger charge is 2.02. The van der Waals surface area contributed by atoms with Gasteiger partial charge >= 0.3 is 0 Å². The highest BCUT2D eigenvalue weighted by molar-refractivity contribution is 7.12. The lowest BCUT2D eigenvalue weighted by Gasteiger charge is -2.08. The first-order valence-corrected chi connectivity index (χ1v) is 8.55. The van der Waals surface area contributed by atoms with Gasteiger partial charge in [-0.05, 0) is 47.8 Å². The lowest BCUT2D eigenvalue weighted by atomic mass is 10.3. The number of methoxy groups -OCH3 is 1. The minimum Gasteiger partial charge on any atom is -0.497 e. The third-order valence-electron chi connectivity index (χ3n) is 3.38. The molecule has 0 bridgehead atoms. The van der Waals surface area contributed by atoms with Crippen LogP contribution in [0.15, 0.2) is 78.3 Å². The van der Waals surface area contributed by atoms with E-state index in [4.69, 9.17) is 9.47 Å². The van der Waals surface area contributed by atoms with E-state index in [1.807, 2.05) is 66.0 Å². The van der Waals surface area contributed by atoms with Crippen LogP contribution in [0.25, 0.3) is 0 Å². The molecular weight excluding hydrogens is 334 g/mol. The molecule has 0 aliphatic heterocycles. The Morgan fingerprint density at radius 3 is 2.52 bits per heavy atom. The van der Waals surface area contributed by atoms with E-state index in [1.54, 1.807) is 13.3 Å². The average molecular weight is 351 g/mol. The maximum Gasteiger partial charge on any atom is 0.197 e. The number of rotatable bonds is 7. The van der Waals surface area contributed by atoms with Crippen molar-refractivity contribution in [3.8, 4) is 17.2 Å². The number of carbonyl (C=O) groups excluding carboxylic acids is 1. The van der Waals surface area contributed by atoms with Crippen molar-refractivity contribution in [1.82, 2.24) is 0 Å². The van der Waals surface area contributed by atoms with Crippen molar-refractivity contribution in [3.63, 3.8) is 0 Å². The molecule has 0 radical (unpaired) electrons. The van der Waals surface area contributed by atoms with Crippen molar-refractivity contribution in [2.45, 2.75) is 0 Å². The molecule has 0 spiro atoms. The van der Waals surface area contributed by atoms with Gasteiger partial charge in [-0.3, -0.25) is 4.79 Å². The second-order valence-electron chi connectivity index (χ2n) is 5.12. The summed E-state index contributed by atoms with van der Waals surface area (Å²) >= 11 is 1.43. The SMILES string of the molecule is COc1cccc(Oc2ccc(N/C=C/C(=O)c3cccs3)cc2)c1. The van der Waals surface area contributed by atoms with Gasteiger partial charge in [-0.1, -0.05) is 12.1 Å². The zero-order chi connectivity index (χ0) is 17.5. The Hall–Kier alpha value is -3.05. The Labute approximate surface area is 150 Å². The number of ether oxygens (including phenoxy) is 2. The van der Waals surface area contributed by atoms with Crippen LogP contribution in [0, 0.1) is 0 Å². The minimum absolute atomic E-state index is 0.0134. The first kappa shape index (κ1) is 16.8. The predicted octanol–water partition coefficient (Wildman–Crippen LogP) is 5.36. The number of hydrogen-bond acceptors (Lipinski definition) is 5. The van der Waals surface area contributed by atoms with Gasteiger partial charge in [-0.25, -0.2) is 0 Å². The molecule has 0 unspecified atom stereocenters. The number of allylic oxidation sites excluding steroid dienone is 1. The maximum absolute atomic E-state index is 11.9. The fraction of sp³-hybridized carbons (Fsp3) is 0.0500. The Balaban J connectivity index is 1.57. The number of hydrogen-bond donors (Lipinski definition) is 1. The molecule has 5 heteroatoms. The number of carbonyl (C=O) groups is 1. The van der Waals surface area contributed by atoms with Crippen LogP contribution in [-0.2, 0) is 0 Å². The fourth-order valence-corrected chi connectivity index (χ4v) is 2.78. The van der Waals surface area contributed by atoms with Crippen LogP contribution in [0.2, 0.25) is 0 Å². The summed E-state index contributed by atoms with van der Waals surface area (Å²) in [6, 6.07) is 18.6. The van der Waals surface area contributed by atoms with Gasteiger partial charge in [0, 0.05) is 24.0 Å². The van der Waals surface area contributed by atoms with Gasteiger partial charge < -0.3 is 14.8 Å². The van der Waals surface area contributed by atoms with Crippen molar-refractivity contribution < 1.29 is 14.3 Å². The summed E-state index contributed by atoms with van der Waals surface area (Å²) in [6.07, 6.45) is 3.16. The molecule has 0 saturated carbocycles. The highest BCUT2D eigenvalue weighted by Crippen LogP contribution is 2.26. The van der Waals surface area contributed by atoms with E-state index < -0.39 is 0 Å². The van der Waals surface area contributed by atoms with E-state index in [0.717, 1.165) is 22.1 Å². The standard InChI is InChI=1S/C20H17NO3S/c1-23-17-4-2-5-18(14-17)24-16-9-7-15(8-10-16)21-12-11-19(22)20-6-3-13-25-20/h2-14,21H,1H3/b12-11+. The monoisotopic (exact) mass is 351 g/mol. The number of benzene rings is 2. The molecule has 0 atom stereocenters. The van der Waals surface area contributed by atoms with Crippen LogP contribution in [-0.4, -0.2) is 12.9 Å². The first-order valence-electron chi connectivity index (χ1n) is 7.67. The summed E-state index contributed by atoms with van der Waals surface area (Å²) in [6.45, 7) is 0. The highest BCUT2D eigenvalue weighted by atomic mass is 32.1. The zero-order valence-corrected chi connectivity index (χ0v) is 14.5. The van der Waals surface area contributed by atoms with Crippen LogP contribution in [0.1, 0.15) is 9.67 Å². The summed E-state index contributed by atoms with van der Waals surface area (Å²) in [5.41, 5.74) is 0.869. The minimum atomic E-state index is -0.0134. The fourth-order valence-electron chi connectivity index (χ4n) is 2.13. The van der Waals surface area contributed by atoms with E-state index in [2.05, 4.69) is 5.32 Å². The maximum atomic E-state index is 11.9. The molecule has 0 aliphatic rings. The van der Waals surface area contributed by atoms with E-state index >= 15 is 0 Å². The molecule has 1 aromatic heterocycles. The molecule has 25 heavy (non-hydrogen) atoms. The van der Waals surface area contributed by atoms with Crippen LogP contribution >= 0.6 is 11.3 Å². The quantitative estimate of drug-likeness (QED) is 0.460. The van der Waals surface area contributed by atoms with Crippen LogP contribution < -0.4 is 14.8 Å². The van der Waals surface area contributed by atoms with Crippen LogP contribution in [0.3, 0.4) is 0 Å². The molecule has 1 heterocycles. The summed E-state index contributed by atoms with van der Waals surface area (Å²) in [4.78, 5) is 12.6. The topological polar surface area (TPSA) is 47.6 Å². The summed E-state index contributed by atoms with van der Waals surface area (Å²) < 4.78 is 11.0. The molecule has 0 amide bonds. The molecule has 126 valence electrons. The average Bonchev–Trinajstić information content (AvgIpc) is 3.18. The third-order valence-corrected chi connectivity index (χ3v) is 4.26. The number of ketones is 1. The molecule has 2 aromatic carbocycles. The Kier molecular flexibility index (Phi) is 5.49. The molecule has 0 saturated heterocycles. The second kappa shape index (κ2) is 8.17. The first-order chi connectivity index (χ1) is 12.2. The van der Waals surface area contributed by atoms with Crippen LogP contribution in [0.5, 0.6) is 17.2 Å². The number of thiophene rings is 1. The van der Waals surface area contributed by atoms with Crippen molar-refractivity contribution in [2.24, 2.45) is 0 Å². The van der Waals surface area contributed by atoms with Crippen molar-refractivity contribution >= 4 is 22.8 Å². The van der Waals surface area contributed by atoms with E-state index in [0.29, 0.717) is 5.75 Å². The van der Waals surface area contributed by atoms with Gasteiger partial charge in [0.25, 0.3) is 0 Å². The lowest BCUT2D eigenvalue weighted by Crippen LogP contribution is -1.93. The van der Waals surface area contributed by atoms with Crippen molar-refractivity contribution in [1.29, 1.82) is 0 Å². The van der Waals surface area contributed by atoms with Gasteiger partial charge in [0.2, 0.25) is 0 Å². The molecule has 1 N–H and O–H groups in total. The lowest BCUT2D eigenvalue weighted by molar-refractivity contribution is 0.105. The third kappa shape index (κ3) is 4.71. The number of nitrogens with one attached hydrogen (secondary N) is 1. The van der Waals surface area contributed by atoms with Crippen LogP contribution in [0.4, 0.5) is 5.69 Å². The zero-order valence-electron chi connectivity index (χ0n) is 13.6. The van der Waals surface area contributed by atoms with Gasteiger partial charge in [0.15, 0.2) is 5.78 Å². The summed E-state index contributed by atoms with van der Waals surface area (Å²) in [5.74, 6) is 2.16. The van der Waals surface area contributed by atoms with E-state index in [1.165, 1.54) is 17.4 Å². The largest absolute Gasteiger partial charge is 0.497 e. The normalized spacial score (nSPS) is 10.6. The summed E-state index contributed by atoms with van der Waals surface area (Å²) in [7, 11) is 1.62.